The zero-order valence-electron chi connectivity index (χ0n) is 20.0. The Morgan fingerprint density at radius 2 is 1.94 bits per heavy atom. The number of halogens is 1. The van der Waals surface area contributed by atoms with Gasteiger partial charge in [0.05, 0.1) is 0 Å². The van der Waals surface area contributed by atoms with Crippen LogP contribution in [0.2, 0.25) is 0 Å². The fourth-order valence-corrected chi connectivity index (χ4v) is 4.75. The summed E-state index contributed by atoms with van der Waals surface area (Å²) in [5.41, 5.74) is 0.385. The number of guanidine groups is 1. The number of fused-ring (bicyclic) bond motifs is 3. The van der Waals surface area contributed by atoms with Crippen molar-refractivity contribution in [2.45, 2.75) is 83.5 Å². The van der Waals surface area contributed by atoms with Crippen LogP contribution in [-0.4, -0.2) is 68.4 Å². The van der Waals surface area contributed by atoms with Gasteiger partial charge in [-0.05, 0) is 65.5 Å². The van der Waals surface area contributed by atoms with Crippen LogP contribution >= 0.6 is 24.0 Å². The molecule has 2 aromatic heterocycles. The minimum atomic E-state index is -0.466. The van der Waals surface area contributed by atoms with Crippen LogP contribution in [0, 0.1) is 0 Å². The average molecular weight is 569 g/mol. The van der Waals surface area contributed by atoms with Gasteiger partial charge < -0.3 is 20.3 Å². The maximum atomic E-state index is 12.7. The van der Waals surface area contributed by atoms with Crippen molar-refractivity contribution in [1.29, 1.82) is 0 Å². The highest BCUT2D eigenvalue weighted by atomic mass is 127. The van der Waals surface area contributed by atoms with Gasteiger partial charge in [-0.2, -0.15) is 0 Å². The molecule has 2 atom stereocenters. The summed E-state index contributed by atoms with van der Waals surface area (Å²) in [6, 6.07) is 6.63. The number of carbonyl (C=O) groups excluding carboxylic acids is 1. The number of ether oxygens (including phenoxy) is 1. The largest absolute Gasteiger partial charge is 0.444 e. The van der Waals surface area contributed by atoms with Crippen molar-refractivity contribution in [1.82, 2.24) is 30.1 Å². The van der Waals surface area contributed by atoms with E-state index in [1.54, 1.807) is 0 Å². The molecule has 4 heterocycles. The van der Waals surface area contributed by atoms with Crippen LogP contribution in [0.5, 0.6) is 0 Å². The molecule has 9 nitrogen and oxygen atoms in total. The van der Waals surface area contributed by atoms with Crippen LogP contribution in [0.3, 0.4) is 0 Å². The number of nitrogens with zero attached hydrogens (tertiary/aromatic N) is 5. The lowest BCUT2D eigenvalue weighted by atomic mass is 9.98. The summed E-state index contributed by atoms with van der Waals surface area (Å²) in [5, 5.41) is 15.4. The quantitative estimate of drug-likeness (QED) is 0.326. The minimum Gasteiger partial charge on any atom is -0.444 e. The van der Waals surface area contributed by atoms with Gasteiger partial charge in [0.15, 0.2) is 11.6 Å². The monoisotopic (exact) mass is 569 g/mol. The van der Waals surface area contributed by atoms with Gasteiger partial charge in [0, 0.05) is 43.8 Å². The van der Waals surface area contributed by atoms with E-state index in [1.807, 2.05) is 54.5 Å². The molecule has 0 radical (unpaired) electrons. The van der Waals surface area contributed by atoms with Gasteiger partial charge in [0.25, 0.3) is 0 Å². The molecule has 2 aromatic rings. The Morgan fingerprint density at radius 3 is 2.61 bits per heavy atom. The van der Waals surface area contributed by atoms with E-state index in [4.69, 9.17) is 9.73 Å². The highest BCUT2D eigenvalue weighted by Gasteiger charge is 2.45. The predicted octanol–water partition coefficient (Wildman–Crippen LogP) is 3.38. The van der Waals surface area contributed by atoms with Gasteiger partial charge in [-0.25, -0.2) is 4.79 Å². The van der Waals surface area contributed by atoms with E-state index in [2.05, 4.69) is 27.8 Å². The fraction of sp³-hybridized carbons (Fsp3) is 0.652. The Bertz CT molecular complexity index is 957. The van der Waals surface area contributed by atoms with Crippen molar-refractivity contribution in [3.05, 3.63) is 30.2 Å². The number of carbonyl (C=O) groups is 1. The number of piperidine rings is 1. The molecular formula is C23H36IN7O2. The Kier molecular flexibility index (Phi) is 8.41. The second kappa shape index (κ2) is 10.9. The molecule has 0 saturated carbocycles. The summed E-state index contributed by atoms with van der Waals surface area (Å²) in [6.07, 6.45) is 6.41. The van der Waals surface area contributed by atoms with Gasteiger partial charge in [0.1, 0.15) is 11.4 Å². The van der Waals surface area contributed by atoms with Crippen LogP contribution in [0.25, 0.3) is 5.65 Å². The van der Waals surface area contributed by atoms with Crippen molar-refractivity contribution in [2.75, 3.05) is 13.1 Å². The van der Waals surface area contributed by atoms with E-state index < -0.39 is 5.60 Å². The number of rotatable bonds is 5. The van der Waals surface area contributed by atoms with E-state index in [0.717, 1.165) is 49.7 Å². The Hall–Kier alpha value is -2.11. The summed E-state index contributed by atoms with van der Waals surface area (Å²) < 4.78 is 7.65. The molecule has 2 unspecified atom stereocenters. The Balaban J connectivity index is 0.00000306. The highest BCUT2D eigenvalue weighted by Crippen LogP contribution is 2.36. The van der Waals surface area contributed by atoms with Crippen LogP contribution in [-0.2, 0) is 11.2 Å². The first-order valence-corrected chi connectivity index (χ1v) is 11.7. The average Bonchev–Trinajstić information content (AvgIpc) is 3.25. The summed E-state index contributed by atoms with van der Waals surface area (Å²) in [4.78, 5) is 19.4. The van der Waals surface area contributed by atoms with E-state index in [9.17, 15) is 4.79 Å². The third-order valence-electron chi connectivity index (χ3n) is 6.01. The lowest BCUT2D eigenvalue weighted by Gasteiger charge is -2.40. The first-order chi connectivity index (χ1) is 15.3. The number of aliphatic imine (C=N–C) groups is 1. The van der Waals surface area contributed by atoms with Crippen molar-refractivity contribution >= 4 is 41.7 Å². The number of hydrogen-bond acceptors (Lipinski definition) is 5. The molecule has 182 valence electrons. The molecule has 0 aliphatic carbocycles. The van der Waals surface area contributed by atoms with Crippen LogP contribution in [0.1, 0.15) is 59.2 Å². The number of amides is 1. The second-order valence-electron chi connectivity index (χ2n) is 9.64. The number of aromatic nitrogens is 3. The zero-order chi connectivity index (χ0) is 22.7. The minimum absolute atomic E-state index is 0. The molecular weight excluding hydrogens is 533 g/mol. The SMILES string of the molecule is CCNC(=NCCc1nnc2ccccn12)NC1CC2CCC(C1)N2C(=O)OC(C)(C)C.I. The molecule has 0 aromatic carbocycles. The first kappa shape index (κ1) is 25.5. The number of pyridine rings is 1. The topological polar surface area (TPSA) is 96.1 Å². The molecule has 2 aliphatic heterocycles. The van der Waals surface area contributed by atoms with Crippen LogP contribution in [0.4, 0.5) is 4.79 Å². The molecule has 4 rings (SSSR count). The normalized spacial score (nSPS) is 22.7. The summed E-state index contributed by atoms with van der Waals surface area (Å²) >= 11 is 0. The highest BCUT2D eigenvalue weighted by molar-refractivity contribution is 14.0. The van der Waals surface area contributed by atoms with E-state index in [0.29, 0.717) is 13.0 Å². The molecule has 2 aliphatic rings. The van der Waals surface area contributed by atoms with E-state index >= 15 is 0 Å². The molecule has 33 heavy (non-hydrogen) atoms. The lowest BCUT2D eigenvalue weighted by Crippen LogP contribution is -2.55. The maximum absolute atomic E-state index is 12.7. The van der Waals surface area contributed by atoms with Gasteiger partial charge in [-0.1, -0.05) is 6.07 Å². The summed E-state index contributed by atoms with van der Waals surface area (Å²) in [7, 11) is 0. The molecule has 2 N–H and O–H groups in total. The smallest absolute Gasteiger partial charge is 0.410 e. The third-order valence-corrected chi connectivity index (χ3v) is 6.01. The molecule has 0 spiro atoms. The van der Waals surface area contributed by atoms with Gasteiger partial charge in [-0.3, -0.25) is 9.39 Å². The molecule has 2 saturated heterocycles. The summed E-state index contributed by atoms with van der Waals surface area (Å²) in [5.74, 6) is 1.72. The zero-order valence-corrected chi connectivity index (χ0v) is 22.3. The van der Waals surface area contributed by atoms with Crippen molar-refractivity contribution in [3.63, 3.8) is 0 Å². The number of hydrogen-bond donors (Lipinski definition) is 2. The fourth-order valence-electron chi connectivity index (χ4n) is 4.75. The molecule has 2 fully saturated rings. The van der Waals surface area contributed by atoms with Crippen molar-refractivity contribution in [3.8, 4) is 0 Å². The maximum Gasteiger partial charge on any atom is 0.410 e. The van der Waals surface area contributed by atoms with Crippen molar-refractivity contribution in [2.24, 2.45) is 4.99 Å². The lowest BCUT2D eigenvalue weighted by molar-refractivity contribution is 0.00545. The van der Waals surface area contributed by atoms with Gasteiger partial charge >= 0.3 is 6.09 Å². The predicted molar refractivity (Wildman–Crippen MR) is 139 cm³/mol. The van der Waals surface area contributed by atoms with Gasteiger partial charge in [-0.15, -0.1) is 34.2 Å². The third kappa shape index (κ3) is 6.27. The van der Waals surface area contributed by atoms with Gasteiger partial charge in [0.2, 0.25) is 0 Å². The first-order valence-electron chi connectivity index (χ1n) is 11.7. The van der Waals surface area contributed by atoms with Crippen molar-refractivity contribution < 1.29 is 9.53 Å². The van der Waals surface area contributed by atoms with E-state index in [-0.39, 0.29) is 48.2 Å². The Morgan fingerprint density at radius 1 is 1.21 bits per heavy atom. The Labute approximate surface area is 212 Å². The standard InChI is InChI=1S/C23H35N7O2.HI/c1-5-24-21(25-12-11-20-28-27-19-8-6-7-13-29(19)20)26-16-14-17-9-10-18(15-16)30(17)22(31)32-23(2,3)4;/h6-8,13,16-18H,5,9-12,14-15H2,1-4H3,(H2,24,25,26);1H. The second-order valence-corrected chi connectivity index (χ2v) is 9.64. The molecule has 10 heteroatoms. The van der Waals surface area contributed by atoms with E-state index in [1.165, 1.54) is 0 Å². The van der Waals surface area contributed by atoms with Crippen LogP contribution in [0.15, 0.2) is 29.4 Å². The molecule has 1 amide bonds. The molecule has 2 bridgehead atoms. The summed E-state index contributed by atoms with van der Waals surface area (Å²) in [6.45, 7) is 9.24. The number of nitrogens with one attached hydrogen (secondary N) is 2. The van der Waals surface area contributed by atoms with Crippen LogP contribution < -0.4 is 10.6 Å².